The Morgan fingerprint density at radius 2 is 2.07 bits per heavy atom. The molecule has 0 bridgehead atoms. The summed E-state index contributed by atoms with van der Waals surface area (Å²) >= 11 is 0. The number of nitrogens with one attached hydrogen (secondary N) is 1. The van der Waals surface area contributed by atoms with Crippen molar-refractivity contribution in [2.24, 2.45) is 10.9 Å². The Morgan fingerprint density at radius 3 is 2.68 bits per heavy atom. The first kappa shape index (κ1) is 19.4. The molecule has 0 fully saturated rings. The van der Waals surface area contributed by atoms with E-state index in [1.165, 1.54) is 6.07 Å². The van der Waals surface area contributed by atoms with E-state index in [4.69, 9.17) is 6.57 Å². The number of aromatic nitrogens is 2. The molecule has 2 aromatic rings. The number of ketones is 1. The van der Waals surface area contributed by atoms with Gasteiger partial charge in [-0.25, -0.2) is 9.84 Å². The molecule has 2 amide bonds. The van der Waals surface area contributed by atoms with Gasteiger partial charge in [-0.15, -0.1) is 0 Å². The van der Waals surface area contributed by atoms with Crippen LogP contribution in [0.5, 0.6) is 0 Å². The van der Waals surface area contributed by atoms with E-state index in [0.29, 0.717) is 33.6 Å². The summed E-state index contributed by atoms with van der Waals surface area (Å²) in [5, 5.41) is 7.82. The first-order valence-electron chi connectivity index (χ1n) is 9.02. The second kappa shape index (κ2) is 7.35. The van der Waals surface area contributed by atoms with Gasteiger partial charge in [0.2, 0.25) is 0 Å². The van der Waals surface area contributed by atoms with Crippen molar-refractivity contribution in [3.05, 3.63) is 34.8 Å². The highest BCUT2D eigenvalue weighted by Gasteiger charge is 2.31. The monoisotopic (exact) mass is 379 g/mol. The van der Waals surface area contributed by atoms with Crippen LogP contribution in [0.1, 0.15) is 49.3 Å². The predicted octanol–water partition coefficient (Wildman–Crippen LogP) is 2.78. The Kier molecular flexibility index (Phi) is 5.10. The molecule has 0 spiro atoms. The fourth-order valence-corrected chi connectivity index (χ4v) is 3.39. The molecule has 8 nitrogen and oxygen atoms in total. The summed E-state index contributed by atoms with van der Waals surface area (Å²) in [4.78, 5) is 44.3. The van der Waals surface area contributed by atoms with Crippen LogP contribution in [0.4, 0.5) is 5.69 Å². The molecule has 2 heterocycles. The molecule has 0 radical (unpaired) electrons. The van der Waals surface area contributed by atoms with Crippen LogP contribution < -0.4 is 5.32 Å². The van der Waals surface area contributed by atoms with Crippen LogP contribution in [0.25, 0.3) is 15.7 Å². The Labute approximate surface area is 162 Å². The summed E-state index contributed by atoms with van der Waals surface area (Å²) < 4.78 is 1.78. The maximum Gasteiger partial charge on any atom is 0.257 e. The minimum Gasteiger partial charge on any atom is -0.351 e. The van der Waals surface area contributed by atoms with Crippen molar-refractivity contribution in [1.82, 2.24) is 15.1 Å². The molecular weight excluding hydrogens is 358 g/mol. The van der Waals surface area contributed by atoms with E-state index >= 15 is 0 Å². The zero-order valence-corrected chi connectivity index (χ0v) is 16.2. The molecule has 144 valence electrons. The molecule has 28 heavy (non-hydrogen) atoms. The summed E-state index contributed by atoms with van der Waals surface area (Å²) in [6.07, 6.45) is 0.115. The molecule has 1 N–H and O–H groups in total. The lowest BCUT2D eigenvalue weighted by Gasteiger charge is -2.18. The minimum atomic E-state index is -0.966. The summed E-state index contributed by atoms with van der Waals surface area (Å²) in [6.45, 7) is 14.6. The number of hydrogen-bond acceptors (Lipinski definition) is 4. The normalized spacial score (nSPS) is 17.0. The van der Waals surface area contributed by atoms with Crippen LogP contribution in [0.15, 0.2) is 17.1 Å². The number of hydrogen-bond donors (Lipinski definition) is 1. The molecule has 1 aliphatic rings. The van der Waals surface area contributed by atoms with Crippen molar-refractivity contribution in [3.63, 3.8) is 0 Å². The van der Waals surface area contributed by atoms with Crippen molar-refractivity contribution in [2.45, 2.75) is 40.2 Å². The topological polar surface area (TPSA) is 97.8 Å². The van der Waals surface area contributed by atoms with Gasteiger partial charge in [-0.1, -0.05) is 0 Å². The van der Waals surface area contributed by atoms with Crippen molar-refractivity contribution >= 4 is 39.9 Å². The fourth-order valence-electron chi connectivity index (χ4n) is 3.39. The number of fused-ring (bicyclic) bond motifs is 1. The molecule has 8 heteroatoms. The maximum absolute atomic E-state index is 12.9. The number of nitrogens with zero attached hydrogens (tertiary/aromatic N) is 4. The Hall–Kier alpha value is -3.34. The van der Waals surface area contributed by atoms with Gasteiger partial charge in [0.25, 0.3) is 11.8 Å². The number of Topliss-reactive ketones (excluding diaryl/α,β-unsaturated/α-hetero) is 1. The van der Waals surface area contributed by atoms with Gasteiger partial charge < -0.3 is 5.32 Å². The van der Waals surface area contributed by atoms with Crippen molar-refractivity contribution in [2.75, 3.05) is 6.54 Å². The summed E-state index contributed by atoms with van der Waals surface area (Å²) in [6, 6.07) is 3.29. The third kappa shape index (κ3) is 3.43. The molecule has 1 aliphatic heterocycles. The lowest BCUT2D eigenvalue weighted by Crippen LogP contribution is -2.39. The van der Waals surface area contributed by atoms with Gasteiger partial charge in [0, 0.05) is 35.7 Å². The van der Waals surface area contributed by atoms with Gasteiger partial charge in [-0.05, 0) is 39.8 Å². The molecule has 1 atom stereocenters. The number of aryl methyl sites for hydroxylation is 1. The van der Waals surface area contributed by atoms with E-state index in [1.54, 1.807) is 24.6 Å². The van der Waals surface area contributed by atoms with Crippen LogP contribution in [-0.4, -0.2) is 39.6 Å². The smallest absolute Gasteiger partial charge is 0.257 e. The van der Waals surface area contributed by atoms with Gasteiger partial charge >= 0.3 is 0 Å². The van der Waals surface area contributed by atoms with E-state index in [9.17, 15) is 14.4 Å². The van der Waals surface area contributed by atoms with Crippen LogP contribution in [0.3, 0.4) is 0 Å². The first-order valence-corrected chi connectivity index (χ1v) is 9.02. The largest absolute Gasteiger partial charge is 0.351 e. The third-order valence-corrected chi connectivity index (χ3v) is 4.72. The highest BCUT2D eigenvalue weighted by molar-refractivity contribution is 6.18. The second-order valence-corrected chi connectivity index (χ2v) is 7.21. The van der Waals surface area contributed by atoms with Crippen molar-refractivity contribution < 1.29 is 14.4 Å². The average Bonchev–Trinajstić information content (AvgIpc) is 2.96. The molecule has 1 aromatic carbocycles. The van der Waals surface area contributed by atoms with Gasteiger partial charge in [-0.2, -0.15) is 5.10 Å². The summed E-state index contributed by atoms with van der Waals surface area (Å²) in [5.74, 6) is -2.19. The minimum absolute atomic E-state index is 0.0617. The van der Waals surface area contributed by atoms with Gasteiger partial charge in [0.1, 0.15) is 5.92 Å². The lowest BCUT2D eigenvalue weighted by atomic mass is 9.95. The number of amides is 2. The molecule has 1 unspecified atom stereocenters. The Balaban J connectivity index is 1.95. The highest BCUT2D eigenvalue weighted by Crippen LogP contribution is 2.30. The van der Waals surface area contributed by atoms with E-state index in [2.05, 4.69) is 20.3 Å². The first-order chi connectivity index (χ1) is 13.2. The predicted molar refractivity (Wildman–Crippen MR) is 105 cm³/mol. The number of carbonyl (C=O) groups excluding carboxylic acids is 3. The Bertz CT molecular complexity index is 1070. The van der Waals surface area contributed by atoms with Crippen LogP contribution in [0, 0.1) is 19.4 Å². The highest BCUT2D eigenvalue weighted by atomic mass is 16.2. The summed E-state index contributed by atoms with van der Waals surface area (Å²) in [7, 11) is 0. The van der Waals surface area contributed by atoms with E-state index in [-0.39, 0.29) is 24.8 Å². The third-order valence-electron chi connectivity index (χ3n) is 4.72. The number of benzene rings is 1. The van der Waals surface area contributed by atoms with Gasteiger partial charge in [0.05, 0.1) is 17.8 Å². The molecule has 0 saturated carbocycles. The molecule has 1 aromatic heterocycles. The fraction of sp³-hybridized carbons (Fsp3) is 0.400. The standard InChI is InChI=1S/C20H21N5O3/c1-10(2)25-16-8-13(21-5)7-14(18(16)12(4)24-25)19(27)22-9-15-17(26)6-11(3)23-20(15)28/h7-8,10,15H,6,9H2,1-4H3,(H,22,27). The second-order valence-electron chi connectivity index (χ2n) is 7.21. The van der Waals surface area contributed by atoms with E-state index in [0.717, 1.165) is 0 Å². The molecule has 0 saturated heterocycles. The Morgan fingerprint density at radius 1 is 1.36 bits per heavy atom. The SMILES string of the molecule is [C-]#[N+]c1cc(C(=O)NCC2C(=O)CC(C)=NC2=O)c2c(C)nn(C(C)C)c2c1. The molecular formula is C20H21N5O3. The van der Waals surface area contributed by atoms with Crippen LogP contribution in [-0.2, 0) is 9.59 Å². The van der Waals surface area contributed by atoms with Crippen molar-refractivity contribution in [1.29, 1.82) is 0 Å². The van der Waals surface area contributed by atoms with E-state index < -0.39 is 17.7 Å². The molecule has 0 aliphatic carbocycles. The lowest BCUT2D eigenvalue weighted by molar-refractivity contribution is -0.131. The zero-order chi connectivity index (χ0) is 20.6. The number of rotatable bonds is 4. The average molecular weight is 379 g/mol. The maximum atomic E-state index is 12.9. The van der Waals surface area contributed by atoms with Crippen LogP contribution >= 0.6 is 0 Å². The quantitative estimate of drug-likeness (QED) is 0.652. The molecule has 3 rings (SSSR count). The van der Waals surface area contributed by atoms with Gasteiger partial charge in [-0.3, -0.25) is 19.1 Å². The number of carbonyl (C=O) groups is 3. The van der Waals surface area contributed by atoms with Crippen LogP contribution in [0.2, 0.25) is 0 Å². The summed E-state index contributed by atoms with van der Waals surface area (Å²) in [5.41, 5.74) is 2.50. The zero-order valence-electron chi connectivity index (χ0n) is 16.2. The van der Waals surface area contributed by atoms with Gasteiger partial charge in [0.15, 0.2) is 11.5 Å². The van der Waals surface area contributed by atoms with E-state index in [1.807, 2.05) is 13.8 Å². The number of aliphatic imine (C=N–C) groups is 1. The van der Waals surface area contributed by atoms with Crippen molar-refractivity contribution in [3.8, 4) is 0 Å².